The molecular weight excluding hydrogens is 192 g/mol. The van der Waals surface area contributed by atoms with Gasteiger partial charge in [-0.05, 0) is 24.8 Å². The molecule has 0 radical (unpaired) electrons. The van der Waals surface area contributed by atoms with Crippen molar-refractivity contribution in [3.63, 3.8) is 0 Å². The van der Waals surface area contributed by atoms with Gasteiger partial charge in [-0.15, -0.1) is 0 Å². The van der Waals surface area contributed by atoms with Gasteiger partial charge in [0, 0.05) is 19.4 Å². The van der Waals surface area contributed by atoms with Crippen LogP contribution in [0.2, 0.25) is 0 Å². The van der Waals surface area contributed by atoms with Gasteiger partial charge in [-0.25, -0.2) is 0 Å². The zero-order valence-electron chi connectivity index (χ0n) is 9.58. The molecule has 1 heterocycles. The minimum Gasteiger partial charge on any atom is -0.330 e. The molecule has 0 atom stereocenters. The summed E-state index contributed by atoms with van der Waals surface area (Å²) in [6.45, 7) is 5.39. The molecule has 4 heteroatoms. The van der Waals surface area contributed by atoms with Crippen LogP contribution in [0.1, 0.15) is 39.5 Å². The summed E-state index contributed by atoms with van der Waals surface area (Å²) in [6, 6.07) is 0. The van der Waals surface area contributed by atoms with Crippen molar-refractivity contribution in [1.82, 2.24) is 4.90 Å². The summed E-state index contributed by atoms with van der Waals surface area (Å²) >= 11 is 0. The number of rotatable bonds is 5. The zero-order chi connectivity index (χ0) is 11.5. The molecule has 1 saturated heterocycles. The summed E-state index contributed by atoms with van der Waals surface area (Å²) in [4.78, 5) is 24.0. The first-order chi connectivity index (χ1) is 6.96. The summed E-state index contributed by atoms with van der Waals surface area (Å²) in [5.74, 6) is -0.0453. The van der Waals surface area contributed by atoms with E-state index in [1.807, 2.05) is 0 Å². The molecular formula is C11H20N2O2. The Morgan fingerprint density at radius 3 is 2.27 bits per heavy atom. The third-order valence-electron chi connectivity index (χ3n) is 2.94. The molecule has 0 aliphatic carbocycles. The average molecular weight is 212 g/mol. The Hall–Kier alpha value is -0.900. The topological polar surface area (TPSA) is 63.4 Å². The van der Waals surface area contributed by atoms with Crippen molar-refractivity contribution in [2.45, 2.75) is 39.5 Å². The molecule has 0 bridgehead atoms. The fraction of sp³-hybridized carbons (Fsp3) is 0.818. The standard InChI is InChI=1S/C11H20N2O2/c1-11(2,8-12)6-3-7-13-9(14)4-5-10(13)15/h3-8,12H2,1-2H3. The molecule has 0 spiro atoms. The van der Waals surface area contributed by atoms with Gasteiger partial charge in [0.05, 0.1) is 0 Å². The maximum Gasteiger partial charge on any atom is 0.229 e. The van der Waals surface area contributed by atoms with Crippen molar-refractivity contribution in [2.24, 2.45) is 11.1 Å². The largest absolute Gasteiger partial charge is 0.330 e. The summed E-state index contributed by atoms with van der Waals surface area (Å²) < 4.78 is 0. The molecule has 0 saturated carbocycles. The van der Waals surface area contributed by atoms with Gasteiger partial charge >= 0.3 is 0 Å². The van der Waals surface area contributed by atoms with Crippen molar-refractivity contribution < 1.29 is 9.59 Å². The predicted molar refractivity (Wildman–Crippen MR) is 58.0 cm³/mol. The first-order valence-corrected chi connectivity index (χ1v) is 5.49. The second-order valence-electron chi connectivity index (χ2n) is 4.91. The number of amides is 2. The van der Waals surface area contributed by atoms with E-state index in [4.69, 9.17) is 5.73 Å². The minimum atomic E-state index is -0.0226. The molecule has 86 valence electrons. The van der Waals surface area contributed by atoms with Crippen LogP contribution in [0.3, 0.4) is 0 Å². The highest BCUT2D eigenvalue weighted by Gasteiger charge is 2.28. The molecule has 2 amide bonds. The third-order valence-corrected chi connectivity index (χ3v) is 2.94. The van der Waals surface area contributed by atoms with Crippen LogP contribution in [-0.4, -0.2) is 29.8 Å². The zero-order valence-corrected chi connectivity index (χ0v) is 9.58. The number of likely N-dealkylation sites (tertiary alicyclic amines) is 1. The van der Waals surface area contributed by atoms with Crippen molar-refractivity contribution in [2.75, 3.05) is 13.1 Å². The molecule has 4 nitrogen and oxygen atoms in total. The first kappa shape index (κ1) is 12.2. The quantitative estimate of drug-likeness (QED) is 0.689. The highest BCUT2D eigenvalue weighted by Crippen LogP contribution is 2.21. The second-order valence-corrected chi connectivity index (χ2v) is 4.91. The van der Waals surface area contributed by atoms with Crippen LogP contribution in [-0.2, 0) is 9.59 Å². The molecule has 2 N–H and O–H groups in total. The number of imide groups is 1. The maximum atomic E-state index is 11.3. The van der Waals surface area contributed by atoms with Gasteiger partial charge in [-0.1, -0.05) is 13.8 Å². The van der Waals surface area contributed by atoms with E-state index in [1.165, 1.54) is 4.90 Å². The summed E-state index contributed by atoms with van der Waals surface area (Å²) in [6.07, 6.45) is 2.57. The minimum absolute atomic E-state index is 0.0226. The fourth-order valence-corrected chi connectivity index (χ4v) is 1.69. The lowest BCUT2D eigenvalue weighted by Crippen LogP contribution is -2.31. The van der Waals surface area contributed by atoms with Gasteiger partial charge in [0.1, 0.15) is 0 Å². The summed E-state index contributed by atoms with van der Waals surface area (Å²) in [7, 11) is 0. The fourth-order valence-electron chi connectivity index (χ4n) is 1.69. The number of hydrogen-bond acceptors (Lipinski definition) is 3. The Balaban J connectivity index is 2.31. The van der Waals surface area contributed by atoms with Crippen LogP contribution < -0.4 is 5.73 Å². The first-order valence-electron chi connectivity index (χ1n) is 5.49. The number of hydrogen-bond donors (Lipinski definition) is 1. The number of nitrogens with zero attached hydrogens (tertiary/aromatic N) is 1. The van der Waals surface area contributed by atoms with Crippen LogP contribution in [0.5, 0.6) is 0 Å². The molecule has 0 aromatic carbocycles. The number of carbonyl (C=O) groups excluding carboxylic acids is 2. The van der Waals surface area contributed by atoms with Crippen molar-refractivity contribution in [3.8, 4) is 0 Å². The van der Waals surface area contributed by atoms with Gasteiger partial charge in [0.15, 0.2) is 0 Å². The van der Waals surface area contributed by atoms with Crippen LogP contribution >= 0.6 is 0 Å². The number of nitrogens with two attached hydrogens (primary N) is 1. The lowest BCUT2D eigenvalue weighted by molar-refractivity contribution is -0.138. The van der Waals surface area contributed by atoms with E-state index in [1.54, 1.807) is 0 Å². The van der Waals surface area contributed by atoms with Crippen molar-refractivity contribution >= 4 is 11.8 Å². The van der Waals surface area contributed by atoms with Gasteiger partial charge < -0.3 is 5.73 Å². The summed E-state index contributed by atoms with van der Waals surface area (Å²) in [5, 5.41) is 0. The van der Waals surface area contributed by atoms with Gasteiger partial charge in [0.2, 0.25) is 11.8 Å². The Bertz CT molecular complexity index is 245. The third kappa shape index (κ3) is 3.30. The van der Waals surface area contributed by atoms with E-state index < -0.39 is 0 Å². The van der Waals surface area contributed by atoms with Crippen LogP contribution in [0.4, 0.5) is 0 Å². The van der Waals surface area contributed by atoms with Gasteiger partial charge in [-0.3, -0.25) is 14.5 Å². The molecule has 15 heavy (non-hydrogen) atoms. The van der Waals surface area contributed by atoms with Gasteiger partial charge in [0.25, 0.3) is 0 Å². The molecule has 0 aromatic rings. The molecule has 0 unspecified atom stereocenters. The predicted octanol–water partition coefficient (Wildman–Crippen LogP) is 0.900. The Kier molecular flexibility index (Phi) is 3.85. The smallest absolute Gasteiger partial charge is 0.229 e. The lowest BCUT2D eigenvalue weighted by Gasteiger charge is -2.23. The second kappa shape index (κ2) is 4.75. The van der Waals surface area contributed by atoms with E-state index >= 15 is 0 Å². The van der Waals surface area contributed by atoms with E-state index in [0.717, 1.165) is 12.8 Å². The average Bonchev–Trinajstić information content (AvgIpc) is 2.49. The van der Waals surface area contributed by atoms with E-state index in [-0.39, 0.29) is 17.2 Å². The van der Waals surface area contributed by atoms with E-state index in [9.17, 15) is 9.59 Å². The monoisotopic (exact) mass is 212 g/mol. The molecule has 0 aromatic heterocycles. The summed E-state index contributed by atoms with van der Waals surface area (Å²) in [5.41, 5.74) is 5.71. The van der Waals surface area contributed by atoms with E-state index in [0.29, 0.717) is 25.9 Å². The lowest BCUT2D eigenvalue weighted by atomic mass is 9.88. The highest BCUT2D eigenvalue weighted by atomic mass is 16.2. The SMILES string of the molecule is CC(C)(CN)CCCN1C(=O)CCC1=O. The van der Waals surface area contributed by atoms with Crippen LogP contribution in [0.15, 0.2) is 0 Å². The Morgan fingerprint density at radius 2 is 1.80 bits per heavy atom. The Labute approximate surface area is 90.8 Å². The molecule has 1 rings (SSSR count). The molecule has 1 fully saturated rings. The number of carbonyl (C=O) groups is 2. The van der Waals surface area contributed by atoms with Crippen molar-refractivity contribution in [3.05, 3.63) is 0 Å². The normalized spacial score (nSPS) is 17.7. The van der Waals surface area contributed by atoms with E-state index in [2.05, 4.69) is 13.8 Å². The van der Waals surface area contributed by atoms with Gasteiger partial charge in [-0.2, -0.15) is 0 Å². The van der Waals surface area contributed by atoms with Crippen molar-refractivity contribution in [1.29, 1.82) is 0 Å². The Morgan fingerprint density at radius 1 is 1.27 bits per heavy atom. The van der Waals surface area contributed by atoms with Crippen LogP contribution in [0.25, 0.3) is 0 Å². The maximum absolute atomic E-state index is 11.3. The molecule has 1 aliphatic heterocycles. The molecule has 1 aliphatic rings. The van der Waals surface area contributed by atoms with Crippen LogP contribution in [0, 0.1) is 5.41 Å². The highest BCUT2D eigenvalue weighted by molar-refractivity contribution is 6.01.